The van der Waals surface area contributed by atoms with Gasteiger partial charge in [0.25, 0.3) is 5.56 Å². The van der Waals surface area contributed by atoms with Crippen LogP contribution in [0.15, 0.2) is 52.2 Å². The highest BCUT2D eigenvalue weighted by atomic mass is 16.2. The van der Waals surface area contributed by atoms with Gasteiger partial charge in [-0.1, -0.05) is 18.2 Å². The molecule has 0 atom stereocenters. The first-order valence-corrected chi connectivity index (χ1v) is 5.02. The molecule has 0 aliphatic heterocycles. The Kier molecular flexibility index (Phi) is 1.94. The van der Waals surface area contributed by atoms with Crippen LogP contribution < -0.4 is 11.2 Å². The van der Waals surface area contributed by atoms with E-state index in [9.17, 15) is 9.59 Å². The second kappa shape index (κ2) is 3.44. The molecular weight excluding hydrogens is 220 g/mol. The maximum atomic E-state index is 12.0. The quantitative estimate of drug-likeness (QED) is 0.645. The normalized spacial score (nSPS) is 10.8. The lowest BCUT2D eigenvalue weighted by Gasteiger charge is -2.04. The van der Waals surface area contributed by atoms with Gasteiger partial charge >= 0.3 is 5.69 Å². The number of fused-ring (bicyclic) bond motifs is 1. The highest BCUT2D eigenvalue weighted by Crippen LogP contribution is 2.00. The Bertz CT molecular complexity index is 782. The smallest absolute Gasteiger partial charge is 0.266 e. The molecule has 3 rings (SSSR count). The zero-order valence-corrected chi connectivity index (χ0v) is 8.70. The Morgan fingerprint density at radius 1 is 1.06 bits per heavy atom. The second-order valence-corrected chi connectivity index (χ2v) is 3.52. The molecule has 3 aromatic rings. The van der Waals surface area contributed by atoms with Crippen molar-refractivity contribution in [2.75, 3.05) is 0 Å². The Hall–Kier alpha value is -2.63. The summed E-state index contributed by atoms with van der Waals surface area (Å²) < 4.78 is 2.24. The standard InChI is InChI=1S/C11H8N4O2/c16-10-9-6-7-12-15(9)11(17)14(13-10)8-4-2-1-3-5-8/h1-7H,(H,13,16). The third-order valence-corrected chi connectivity index (χ3v) is 2.48. The van der Waals surface area contributed by atoms with Gasteiger partial charge in [0.1, 0.15) is 5.52 Å². The summed E-state index contributed by atoms with van der Waals surface area (Å²) in [4.78, 5) is 23.7. The summed E-state index contributed by atoms with van der Waals surface area (Å²) >= 11 is 0. The number of rotatable bonds is 1. The Labute approximate surface area is 94.7 Å². The van der Waals surface area contributed by atoms with E-state index in [0.29, 0.717) is 5.69 Å². The summed E-state index contributed by atoms with van der Waals surface area (Å²) in [5.41, 5.74) is 0.0657. The summed E-state index contributed by atoms with van der Waals surface area (Å²) in [6.07, 6.45) is 1.42. The third kappa shape index (κ3) is 1.38. The summed E-state index contributed by atoms with van der Waals surface area (Å²) in [7, 11) is 0. The highest BCUT2D eigenvalue weighted by Gasteiger charge is 2.07. The van der Waals surface area contributed by atoms with Crippen molar-refractivity contribution >= 4 is 5.52 Å². The maximum absolute atomic E-state index is 12.0. The van der Waals surface area contributed by atoms with Crippen molar-refractivity contribution in [1.82, 2.24) is 19.4 Å². The number of nitrogens with zero attached hydrogens (tertiary/aromatic N) is 3. The SMILES string of the molecule is O=c1[nH]n(-c2ccccc2)c(=O)n2nccc12. The minimum absolute atomic E-state index is 0.238. The lowest BCUT2D eigenvalue weighted by molar-refractivity contribution is 0.698. The van der Waals surface area contributed by atoms with E-state index >= 15 is 0 Å². The number of nitrogens with one attached hydrogen (secondary N) is 1. The van der Waals surface area contributed by atoms with Gasteiger partial charge in [0.15, 0.2) is 0 Å². The van der Waals surface area contributed by atoms with Crippen LogP contribution >= 0.6 is 0 Å². The van der Waals surface area contributed by atoms with Crippen LogP contribution in [0, 0.1) is 0 Å². The summed E-state index contributed by atoms with van der Waals surface area (Å²) in [5.74, 6) is 0. The Balaban J connectivity index is 2.43. The molecular formula is C11H8N4O2. The third-order valence-electron chi connectivity index (χ3n) is 2.48. The zero-order chi connectivity index (χ0) is 11.8. The molecule has 0 saturated heterocycles. The van der Waals surface area contributed by atoms with Crippen molar-refractivity contribution in [3.8, 4) is 5.69 Å². The van der Waals surface area contributed by atoms with Gasteiger partial charge in [-0.25, -0.2) is 9.48 Å². The number of benzene rings is 1. The molecule has 2 heterocycles. The van der Waals surface area contributed by atoms with E-state index in [1.165, 1.54) is 16.9 Å². The molecule has 2 aromatic heterocycles. The minimum atomic E-state index is -0.407. The first-order chi connectivity index (χ1) is 8.27. The summed E-state index contributed by atoms with van der Waals surface area (Å²) in [6, 6.07) is 10.4. The van der Waals surface area contributed by atoms with E-state index < -0.39 is 5.69 Å². The van der Waals surface area contributed by atoms with Gasteiger partial charge in [0, 0.05) is 0 Å². The predicted molar refractivity (Wildman–Crippen MR) is 61.4 cm³/mol. The largest absolute Gasteiger partial charge is 0.368 e. The number of para-hydroxylation sites is 1. The van der Waals surface area contributed by atoms with Crippen molar-refractivity contribution in [1.29, 1.82) is 0 Å². The van der Waals surface area contributed by atoms with Crippen LogP contribution in [-0.2, 0) is 0 Å². The van der Waals surface area contributed by atoms with Gasteiger partial charge in [-0.15, -0.1) is 0 Å². The van der Waals surface area contributed by atoms with E-state index in [0.717, 1.165) is 4.52 Å². The van der Waals surface area contributed by atoms with Gasteiger partial charge in [-0.2, -0.15) is 9.61 Å². The van der Waals surface area contributed by atoms with Crippen LogP contribution in [-0.4, -0.2) is 19.4 Å². The molecule has 0 saturated carbocycles. The van der Waals surface area contributed by atoms with Gasteiger partial charge in [-0.3, -0.25) is 9.89 Å². The number of hydrogen-bond donors (Lipinski definition) is 1. The first-order valence-electron chi connectivity index (χ1n) is 5.02. The second-order valence-electron chi connectivity index (χ2n) is 3.52. The van der Waals surface area contributed by atoms with E-state index in [1.807, 2.05) is 6.07 Å². The summed E-state index contributed by atoms with van der Waals surface area (Å²) in [6.45, 7) is 0. The van der Waals surface area contributed by atoms with Crippen molar-refractivity contribution in [2.45, 2.75) is 0 Å². The minimum Gasteiger partial charge on any atom is -0.266 e. The predicted octanol–water partition coefficient (Wildman–Crippen LogP) is 0.173. The Morgan fingerprint density at radius 3 is 2.59 bits per heavy atom. The molecule has 1 aromatic carbocycles. The van der Waals surface area contributed by atoms with Gasteiger partial charge in [-0.05, 0) is 18.2 Å². The molecule has 0 bridgehead atoms. The molecule has 0 amide bonds. The van der Waals surface area contributed by atoms with Gasteiger partial charge in [0.05, 0.1) is 11.9 Å². The van der Waals surface area contributed by atoms with Crippen molar-refractivity contribution in [2.24, 2.45) is 0 Å². The molecule has 0 radical (unpaired) electrons. The molecule has 6 heteroatoms. The molecule has 0 spiro atoms. The molecule has 0 unspecified atom stereocenters. The van der Waals surface area contributed by atoms with E-state index in [1.54, 1.807) is 24.3 Å². The Morgan fingerprint density at radius 2 is 1.82 bits per heavy atom. The molecule has 1 N–H and O–H groups in total. The lowest BCUT2D eigenvalue weighted by atomic mass is 10.3. The van der Waals surface area contributed by atoms with Crippen LogP contribution in [0.5, 0.6) is 0 Å². The first kappa shape index (κ1) is 9.59. The molecule has 0 aliphatic carbocycles. The van der Waals surface area contributed by atoms with Crippen LogP contribution in [0.3, 0.4) is 0 Å². The fourth-order valence-corrected chi connectivity index (χ4v) is 1.68. The number of H-pyrrole nitrogens is 1. The van der Waals surface area contributed by atoms with Crippen LogP contribution in [0.25, 0.3) is 11.2 Å². The van der Waals surface area contributed by atoms with Gasteiger partial charge in [0.2, 0.25) is 0 Å². The van der Waals surface area contributed by atoms with Gasteiger partial charge < -0.3 is 0 Å². The van der Waals surface area contributed by atoms with Crippen molar-refractivity contribution in [3.63, 3.8) is 0 Å². The van der Waals surface area contributed by atoms with E-state index in [4.69, 9.17) is 0 Å². The topological polar surface area (TPSA) is 72.2 Å². The number of aromatic amines is 1. The van der Waals surface area contributed by atoms with Crippen molar-refractivity contribution < 1.29 is 0 Å². The van der Waals surface area contributed by atoms with E-state index in [-0.39, 0.29) is 11.1 Å². The lowest BCUT2D eigenvalue weighted by Crippen LogP contribution is -2.34. The summed E-state index contributed by atoms with van der Waals surface area (Å²) in [5, 5.41) is 6.34. The molecule has 84 valence electrons. The van der Waals surface area contributed by atoms with Crippen LogP contribution in [0.4, 0.5) is 0 Å². The van der Waals surface area contributed by atoms with Crippen LogP contribution in [0.2, 0.25) is 0 Å². The average Bonchev–Trinajstić information content (AvgIpc) is 2.85. The number of hydrogen-bond acceptors (Lipinski definition) is 3. The average molecular weight is 228 g/mol. The van der Waals surface area contributed by atoms with Crippen molar-refractivity contribution in [3.05, 3.63) is 63.4 Å². The molecule has 17 heavy (non-hydrogen) atoms. The molecule has 6 nitrogen and oxygen atoms in total. The molecule has 0 fully saturated rings. The molecule has 0 aliphatic rings. The number of aromatic nitrogens is 4. The fraction of sp³-hybridized carbons (Fsp3) is 0. The highest BCUT2D eigenvalue weighted by molar-refractivity contribution is 5.42. The zero-order valence-electron chi connectivity index (χ0n) is 8.70. The fourth-order valence-electron chi connectivity index (χ4n) is 1.68. The van der Waals surface area contributed by atoms with Crippen LogP contribution in [0.1, 0.15) is 0 Å². The maximum Gasteiger partial charge on any atom is 0.368 e. The monoisotopic (exact) mass is 228 g/mol. The van der Waals surface area contributed by atoms with E-state index in [2.05, 4.69) is 10.2 Å².